The number of hydrogen-bond donors (Lipinski definition) is 0. The molecule has 2 nitrogen and oxygen atoms in total. The highest BCUT2D eigenvalue weighted by Gasteiger charge is 2.21. The Hall–Kier alpha value is -4.04. The highest BCUT2D eigenvalue weighted by Crippen LogP contribution is 2.44. The molecule has 0 unspecified atom stereocenters. The minimum Gasteiger partial charge on any atom is -0.344 e. The number of fused-ring (bicyclic) bond motifs is 7. The van der Waals surface area contributed by atoms with Gasteiger partial charge in [0.25, 0.3) is 0 Å². The summed E-state index contributed by atoms with van der Waals surface area (Å²) in [6.07, 6.45) is 0. The second-order valence-electron chi connectivity index (χ2n) is 8.65. The van der Waals surface area contributed by atoms with Crippen molar-refractivity contribution in [3.8, 4) is 0 Å². The second kappa shape index (κ2) is 5.16. The molecule has 0 aliphatic heterocycles. The predicted molar refractivity (Wildman–Crippen MR) is 133 cm³/mol. The van der Waals surface area contributed by atoms with Crippen molar-refractivity contribution in [1.82, 2.24) is 8.97 Å². The van der Waals surface area contributed by atoms with Gasteiger partial charge in [0, 0.05) is 39.5 Å². The highest BCUT2D eigenvalue weighted by atomic mass is 15.0. The Bertz CT molecular complexity index is 2000. The molecule has 0 saturated heterocycles. The number of benzene rings is 5. The number of para-hydroxylation sites is 1. The third kappa shape index (κ3) is 1.69. The number of nitrogens with zero attached hydrogens (tertiary/aromatic N) is 2. The second-order valence-corrected chi connectivity index (χ2v) is 8.65. The summed E-state index contributed by atoms with van der Waals surface area (Å²) in [6, 6.07) is 33.6. The van der Waals surface area contributed by atoms with Gasteiger partial charge in [-0.15, -0.1) is 0 Å². The molecule has 31 heavy (non-hydrogen) atoms. The molecule has 144 valence electrons. The van der Waals surface area contributed by atoms with Gasteiger partial charge in [0.05, 0.1) is 22.1 Å². The topological polar surface area (TPSA) is 9.34 Å². The zero-order valence-electron chi connectivity index (χ0n) is 17.1. The van der Waals surface area contributed by atoms with Gasteiger partial charge in [0.1, 0.15) is 0 Å². The van der Waals surface area contributed by atoms with Gasteiger partial charge in [0.2, 0.25) is 0 Å². The summed E-state index contributed by atoms with van der Waals surface area (Å²) in [4.78, 5) is 0. The standard InChI is InChI=1S/C29H18N2/c1-30-23-13-6-11-19-21-16-17-8-2-3-9-18(17)26-20-10-4-5-12-22(20)31(29(21)26)25-15-7-14-24(30)28(25)27(19)23/h2-16H,1H3. The molecule has 3 aromatic heterocycles. The van der Waals surface area contributed by atoms with Crippen molar-refractivity contribution >= 4 is 70.7 Å². The molecule has 0 spiro atoms. The third-order valence-electron chi connectivity index (χ3n) is 7.23. The lowest BCUT2D eigenvalue weighted by molar-refractivity contribution is 1.01. The molecule has 2 heteroatoms. The van der Waals surface area contributed by atoms with Crippen LogP contribution in [0.1, 0.15) is 0 Å². The number of hydrogen-bond acceptors (Lipinski definition) is 0. The van der Waals surface area contributed by atoms with Crippen molar-refractivity contribution in [1.29, 1.82) is 0 Å². The third-order valence-corrected chi connectivity index (χ3v) is 7.23. The fourth-order valence-electron chi connectivity index (χ4n) is 5.98. The van der Waals surface area contributed by atoms with Crippen LogP contribution in [0.25, 0.3) is 70.7 Å². The molecule has 0 aliphatic rings. The average molecular weight is 394 g/mol. The smallest absolute Gasteiger partial charge is 0.0626 e. The molecule has 0 atom stereocenters. The summed E-state index contributed by atoms with van der Waals surface area (Å²) in [5.41, 5.74) is 6.43. The van der Waals surface area contributed by atoms with E-state index in [9.17, 15) is 0 Å². The lowest BCUT2D eigenvalue weighted by Crippen LogP contribution is -1.89. The van der Waals surface area contributed by atoms with Crippen molar-refractivity contribution in [2.24, 2.45) is 7.05 Å². The van der Waals surface area contributed by atoms with E-state index in [-0.39, 0.29) is 0 Å². The van der Waals surface area contributed by atoms with Gasteiger partial charge in [-0.1, -0.05) is 60.7 Å². The normalized spacial score (nSPS) is 12.7. The summed E-state index contributed by atoms with van der Waals surface area (Å²) < 4.78 is 4.85. The Labute approximate surface area is 177 Å². The van der Waals surface area contributed by atoms with Gasteiger partial charge < -0.3 is 8.97 Å². The maximum Gasteiger partial charge on any atom is 0.0626 e. The average Bonchev–Trinajstić information content (AvgIpc) is 3.28. The van der Waals surface area contributed by atoms with E-state index in [1.165, 1.54) is 70.7 Å². The highest BCUT2D eigenvalue weighted by molar-refractivity contribution is 6.34. The van der Waals surface area contributed by atoms with Crippen molar-refractivity contribution < 1.29 is 0 Å². The van der Waals surface area contributed by atoms with Gasteiger partial charge in [0.15, 0.2) is 0 Å². The lowest BCUT2D eigenvalue weighted by Gasteiger charge is -2.06. The molecule has 0 N–H and O–H groups in total. The van der Waals surface area contributed by atoms with Crippen LogP contribution in [0.15, 0.2) is 91.0 Å². The summed E-state index contributed by atoms with van der Waals surface area (Å²) in [5, 5.41) is 10.6. The largest absolute Gasteiger partial charge is 0.344 e. The Balaban J connectivity index is 1.93. The number of aromatic nitrogens is 2. The molecule has 8 aromatic rings. The summed E-state index contributed by atoms with van der Waals surface area (Å²) in [6.45, 7) is 0. The maximum atomic E-state index is 2.51. The Morgan fingerprint density at radius 2 is 1.13 bits per heavy atom. The molecular formula is C29H18N2. The molecule has 0 saturated carbocycles. The SMILES string of the molecule is Cn1c2cccc3c4cc5ccccc5c5c6ccccc6n(c6cccc1c6c32)c45. The van der Waals surface area contributed by atoms with E-state index in [4.69, 9.17) is 0 Å². The summed E-state index contributed by atoms with van der Waals surface area (Å²) in [5.74, 6) is 0. The van der Waals surface area contributed by atoms with Gasteiger partial charge in [-0.2, -0.15) is 0 Å². The lowest BCUT2D eigenvalue weighted by atomic mass is 9.98. The zero-order valence-corrected chi connectivity index (χ0v) is 17.1. The van der Waals surface area contributed by atoms with E-state index in [1.807, 2.05) is 0 Å². The van der Waals surface area contributed by atoms with Crippen LogP contribution in [0, 0.1) is 0 Å². The van der Waals surface area contributed by atoms with Crippen molar-refractivity contribution in [3.63, 3.8) is 0 Å². The van der Waals surface area contributed by atoms with Crippen LogP contribution < -0.4 is 0 Å². The van der Waals surface area contributed by atoms with Crippen LogP contribution in [-0.4, -0.2) is 8.97 Å². The molecule has 0 amide bonds. The first-order chi connectivity index (χ1) is 15.3. The Kier molecular flexibility index (Phi) is 2.62. The molecule has 8 rings (SSSR count). The summed E-state index contributed by atoms with van der Waals surface area (Å²) >= 11 is 0. The van der Waals surface area contributed by atoms with Crippen LogP contribution in [0.4, 0.5) is 0 Å². The summed E-state index contributed by atoms with van der Waals surface area (Å²) in [7, 11) is 2.19. The van der Waals surface area contributed by atoms with Gasteiger partial charge in [-0.25, -0.2) is 0 Å². The van der Waals surface area contributed by atoms with Crippen LogP contribution in [-0.2, 0) is 7.05 Å². The molecule has 0 radical (unpaired) electrons. The quantitative estimate of drug-likeness (QED) is 0.250. The maximum absolute atomic E-state index is 2.51. The van der Waals surface area contributed by atoms with E-state index >= 15 is 0 Å². The first-order valence-corrected chi connectivity index (χ1v) is 10.8. The van der Waals surface area contributed by atoms with Crippen LogP contribution in [0.2, 0.25) is 0 Å². The van der Waals surface area contributed by atoms with Crippen LogP contribution in [0.5, 0.6) is 0 Å². The van der Waals surface area contributed by atoms with Gasteiger partial charge in [-0.05, 0) is 46.5 Å². The monoisotopic (exact) mass is 394 g/mol. The van der Waals surface area contributed by atoms with E-state index < -0.39 is 0 Å². The van der Waals surface area contributed by atoms with Crippen molar-refractivity contribution in [2.45, 2.75) is 0 Å². The molecule has 0 aliphatic carbocycles. The predicted octanol–water partition coefficient (Wildman–Crippen LogP) is 7.63. The van der Waals surface area contributed by atoms with E-state index in [0.29, 0.717) is 0 Å². The van der Waals surface area contributed by atoms with E-state index in [2.05, 4.69) is 107 Å². The number of rotatable bonds is 0. The van der Waals surface area contributed by atoms with Crippen molar-refractivity contribution in [2.75, 3.05) is 0 Å². The fraction of sp³-hybridized carbons (Fsp3) is 0.0345. The molecule has 0 bridgehead atoms. The minimum atomic E-state index is 1.27. The van der Waals surface area contributed by atoms with E-state index in [1.54, 1.807) is 0 Å². The van der Waals surface area contributed by atoms with Crippen molar-refractivity contribution in [3.05, 3.63) is 91.0 Å². The van der Waals surface area contributed by atoms with Gasteiger partial charge in [-0.3, -0.25) is 0 Å². The Morgan fingerprint density at radius 1 is 0.484 bits per heavy atom. The molecular weight excluding hydrogens is 376 g/mol. The molecule has 0 fully saturated rings. The minimum absolute atomic E-state index is 1.27. The first kappa shape index (κ1) is 15.8. The Morgan fingerprint density at radius 3 is 2.03 bits per heavy atom. The van der Waals surface area contributed by atoms with E-state index in [0.717, 1.165) is 0 Å². The zero-order chi connectivity index (χ0) is 20.3. The first-order valence-electron chi connectivity index (χ1n) is 10.8. The van der Waals surface area contributed by atoms with Crippen LogP contribution in [0.3, 0.4) is 0 Å². The fourth-order valence-corrected chi connectivity index (χ4v) is 5.98. The molecule has 5 aromatic carbocycles. The van der Waals surface area contributed by atoms with Gasteiger partial charge >= 0.3 is 0 Å². The molecule has 3 heterocycles. The van der Waals surface area contributed by atoms with Crippen LogP contribution >= 0.6 is 0 Å². The number of aryl methyl sites for hydroxylation is 1.